The summed E-state index contributed by atoms with van der Waals surface area (Å²) in [5, 5.41) is 12.4. The number of amidine groups is 1. The van der Waals surface area contributed by atoms with Crippen molar-refractivity contribution < 1.29 is 4.74 Å². The fourth-order valence-electron chi connectivity index (χ4n) is 1.82. The summed E-state index contributed by atoms with van der Waals surface area (Å²) in [6.07, 6.45) is 1.76. The van der Waals surface area contributed by atoms with E-state index < -0.39 is 0 Å². The van der Waals surface area contributed by atoms with Crippen LogP contribution in [0.4, 0.5) is 0 Å². The van der Waals surface area contributed by atoms with Gasteiger partial charge in [-0.2, -0.15) is 5.10 Å². The highest BCUT2D eigenvalue weighted by atomic mass is 35.5. The molecule has 6 heteroatoms. The molecule has 100 valence electrons. The number of nitrogens with zero attached hydrogens (tertiary/aromatic N) is 2. The molecule has 1 aromatic heterocycles. The van der Waals surface area contributed by atoms with Crippen LogP contribution in [0.5, 0.6) is 5.75 Å². The topological polar surface area (TPSA) is 76.9 Å². The molecule has 0 aliphatic heterocycles. The Labute approximate surface area is 116 Å². The zero-order valence-electron chi connectivity index (χ0n) is 10.8. The molecule has 3 N–H and O–H groups in total. The van der Waals surface area contributed by atoms with Gasteiger partial charge in [0.2, 0.25) is 0 Å². The highest BCUT2D eigenvalue weighted by molar-refractivity contribution is 6.31. The Morgan fingerprint density at radius 2 is 2.26 bits per heavy atom. The fourth-order valence-corrected chi connectivity index (χ4v) is 1.97. The maximum Gasteiger partial charge on any atom is 0.123 e. The maximum atomic E-state index is 7.47. The van der Waals surface area contributed by atoms with Crippen LogP contribution in [0.25, 0.3) is 0 Å². The lowest BCUT2D eigenvalue weighted by molar-refractivity contribution is 0.407. The van der Waals surface area contributed by atoms with Crippen molar-refractivity contribution in [2.75, 3.05) is 7.11 Å². The second kappa shape index (κ2) is 5.32. The highest BCUT2D eigenvalue weighted by Gasteiger charge is 2.09. The molecule has 0 spiro atoms. The van der Waals surface area contributed by atoms with Crippen LogP contribution >= 0.6 is 11.6 Å². The number of rotatable bonds is 4. The Balaban J connectivity index is 2.36. The standard InChI is InChI=1S/C13H15ClN4O/c1-8-11(14)7-18(17-8)6-10-5-9(13(15)16)3-4-12(10)19-2/h3-5,7H,6H2,1-2H3,(H3,15,16). The molecule has 2 aromatic rings. The summed E-state index contributed by atoms with van der Waals surface area (Å²) >= 11 is 5.98. The molecule has 5 nitrogen and oxygen atoms in total. The average Bonchev–Trinajstić information content (AvgIpc) is 2.68. The van der Waals surface area contributed by atoms with E-state index in [1.165, 1.54) is 0 Å². The summed E-state index contributed by atoms with van der Waals surface area (Å²) in [7, 11) is 1.60. The van der Waals surface area contributed by atoms with Gasteiger partial charge in [-0.15, -0.1) is 0 Å². The SMILES string of the molecule is COc1ccc(C(=N)N)cc1Cn1cc(Cl)c(C)n1. The number of hydrogen-bond acceptors (Lipinski definition) is 3. The van der Waals surface area contributed by atoms with Crippen LogP contribution in [0.3, 0.4) is 0 Å². The summed E-state index contributed by atoms with van der Waals surface area (Å²) in [4.78, 5) is 0. The molecule has 0 unspecified atom stereocenters. The Bertz CT molecular complexity index is 602. The van der Waals surface area contributed by atoms with E-state index in [4.69, 9.17) is 27.5 Å². The number of aryl methyl sites for hydroxylation is 1. The van der Waals surface area contributed by atoms with E-state index >= 15 is 0 Å². The molecule has 0 atom stereocenters. The third-order valence-corrected chi connectivity index (χ3v) is 3.18. The molecular weight excluding hydrogens is 264 g/mol. The van der Waals surface area contributed by atoms with Crippen molar-refractivity contribution in [3.05, 3.63) is 46.2 Å². The Morgan fingerprint density at radius 1 is 1.53 bits per heavy atom. The van der Waals surface area contributed by atoms with E-state index in [0.29, 0.717) is 17.1 Å². The zero-order valence-corrected chi connectivity index (χ0v) is 11.5. The van der Waals surface area contributed by atoms with Crippen LogP contribution in [0.2, 0.25) is 5.02 Å². The second-order valence-corrected chi connectivity index (χ2v) is 4.61. The summed E-state index contributed by atoms with van der Waals surface area (Å²) in [6, 6.07) is 5.38. The molecule has 2 rings (SSSR count). The van der Waals surface area contributed by atoms with Gasteiger partial charge in [0.05, 0.1) is 24.4 Å². The van der Waals surface area contributed by atoms with Gasteiger partial charge in [0.15, 0.2) is 0 Å². The molecule has 0 aliphatic carbocycles. The van der Waals surface area contributed by atoms with E-state index in [9.17, 15) is 0 Å². The number of methoxy groups -OCH3 is 1. The normalized spacial score (nSPS) is 10.5. The molecule has 1 heterocycles. The van der Waals surface area contributed by atoms with Crippen molar-refractivity contribution in [3.63, 3.8) is 0 Å². The van der Waals surface area contributed by atoms with Gasteiger partial charge in [0, 0.05) is 17.3 Å². The maximum absolute atomic E-state index is 7.47. The molecule has 0 fully saturated rings. The number of aromatic nitrogens is 2. The average molecular weight is 279 g/mol. The zero-order chi connectivity index (χ0) is 14.0. The first kappa shape index (κ1) is 13.4. The van der Waals surface area contributed by atoms with E-state index in [-0.39, 0.29) is 5.84 Å². The van der Waals surface area contributed by atoms with E-state index in [1.54, 1.807) is 30.1 Å². The van der Waals surface area contributed by atoms with Gasteiger partial charge in [-0.05, 0) is 25.1 Å². The van der Waals surface area contributed by atoms with Gasteiger partial charge in [-0.1, -0.05) is 11.6 Å². The van der Waals surface area contributed by atoms with Crippen molar-refractivity contribution in [2.24, 2.45) is 5.73 Å². The number of benzene rings is 1. The number of ether oxygens (including phenoxy) is 1. The van der Waals surface area contributed by atoms with Gasteiger partial charge >= 0.3 is 0 Å². The molecular formula is C13H15ClN4O. The second-order valence-electron chi connectivity index (χ2n) is 4.20. The number of nitrogens with two attached hydrogens (primary N) is 1. The third-order valence-electron chi connectivity index (χ3n) is 2.81. The predicted molar refractivity (Wildman–Crippen MR) is 75.1 cm³/mol. The number of nitrogen functional groups attached to an aromatic ring is 1. The largest absolute Gasteiger partial charge is 0.496 e. The van der Waals surface area contributed by atoms with Gasteiger partial charge in [-0.3, -0.25) is 10.1 Å². The molecule has 0 saturated carbocycles. The van der Waals surface area contributed by atoms with Crippen molar-refractivity contribution >= 4 is 17.4 Å². The Kier molecular flexibility index (Phi) is 3.76. The minimum atomic E-state index is 0.0265. The van der Waals surface area contributed by atoms with Crippen LogP contribution in [-0.4, -0.2) is 22.7 Å². The quantitative estimate of drug-likeness (QED) is 0.665. The number of halogens is 1. The van der Waals surface area contributed by atoms with Crippen molar-refractivity contribution in [3.8, 4) is 5.75 Å². The van der Waals surface area contributed by atoms with Crippen LogP contribution in [0, 0.1) is 12.3 Å². The van der Waals surface area contributed by atoms with Crippen LogP contribution in [0.1, 0.15) is 16.8 Å². The first-order chi connectivity index (χ1) is 9.01. The lowest BCUT2D eigenvalue weighted by Crippen LogP contribution is -2.12. The number of nitrogens with one attached hydrogen (secondary N) is 1. The van der Waals surface area contributed by atoms with Gasteiger partial charge in [-0.25, -0.2) is 0 Å². The summed E-state index contributed by atoms with van der Waals surface area (Å²) < 4.78 is 7.04. The highest BCUT2D eigenvalue weighted by Crippen LogP contribution is 2.22. The Morgan fingerprint density at radius 3 is 2.79 bits per heavy atom. The Hall–Kier alpha value is -2.01. The summed E-state index contributed by atoms with van der Waals surface area (Å²) in [5.74, 6) is 0.757. The lowest BCUT2D eigenvalue weighted by atomic mass is 10.1. The smallest absolute Gasteiger partial charge is 0.123 e. The van der Waals surface area contributed by atoms with Crippen LogP contribution < -0.4 is 10.5 Å². The lowest BCUT2D eigenvalue weighted by Gasteiger charge is -2.10. The molecule has 0 radical (unpaired) electrons. The molecule has 0 saturated heterocycles. The molecule has 0 bridgehead atoms. The van der Waals surface area contributed by atoms with Crippen molar-refractivity contribution in [1.82, 2.24) is 9.78 Å². The first-order valence-corrected chi connectivity index (χ1v) is 6.10. The fraction of sp³-hybridized carbons (Fsp3) is 0.231. The molecule has 0 amide bonds. The van der Waals surface area contributed by atoms with E-state index in [0.717, 1.165) is 17.0 Å². The van der Waals surface area contributed by atoms with E-state index in [1.807, 2.05) is 13.0 Å². The van der Waals surface area contributed by atoms with Crippen molar-refractivity contribution in [1.29, 1.82) is 5.41 Å². The minimum absolute atomic E-state index is 0.0265. The molecule has 19 heavy (non-hydrogen) atoms. The van der Waals surface area contributed by atoms with Gasteiger partial charge in [0.25, 0.3) is 0 Å². The van der Waals surface area contributed by atoms with Gasteiger partial charge in [0.1, 0.15) is 11.6 Å². The van der Waals surface area contributed by atoms with Gasteiger partial charge < -0.3 is 10.5 Å². The minimum Gasteiger partial charge on any atom is -0.496 e. The monoisotopic (exact) mass is 278 g/mol. The first-order valence-electron chi connectivity index (χ1n) is 5.72. The van der Waals surface area contributed by atoms with Crippen LogP contribution in [-0.2, 0) is 6.54 Å². The predicted octanol–water partition coefficient (Wildman–Crippen LogP) is 2.19. The summed E-state index contributed by atoms with van der Waals surface area (Å²) in [5.41, 5.74) is 7.83. The van der Waals surface area contributed by atoms with Crippen LogP contribution in [0.15, 0.2) is 24.4 Å². The van der Waals surface area contributed by atoms with E-state index in [2.05, 4.69) is 5.10 Å². The number of hydrogen-bond donors (Lipinski definition) is 2. The summed E-state index contributed by atoms with van der Waals surface area (Å²) in [6.45, 7) is 2.36. The van der Waals surface area contributed by atoms with Crippen molar-refractivity contribution in [2.45, 2.75) is 13.5 Å². The molecule has 0 aliphatic rings. The third kappa shape index (κ3) is 2.88. The molecule has 1 aromatic carbocycles.